The molecule has 0 saturated heterocycles. The van der Waals surface area contributed by atoms with Crippen molar-refractivity contribution in [2.45, 2.75) is 19.8 Å². The van der Waals surface area contributed by atoms with Crippen LogP contribution in [0.3, 0.4) is 0 Å². The summed E-state index contributed by atoms with van der Waals surface area (Å²) in [7, 11) is 0. The highest BCUT2D eigenvalue weighted by molar-refractivity contribution is 6.35. The van der Waals surface area contributed by atoms with E-state index in [1.165, 1.54) is 0 Å². The second kappa shape index (κ2) is 3.95. The summed E-state index contributed by atoms with van der Waals surface area (Å²) in [4.78, 5) is 8.72. The molecule has 1 heterocycles. The topological polar surface area (TPSA) is 25.8 Å². The maximum atomic E-state index is 6.04. The molecule has 0 atom stereocenters. The van der Waals surface area contributed by atoms with Crippen molar-refractivity contribution in [3.8, 4) is 0 Å². The average molecular weight is 241 g/mol. The minimum absolute atomic E-state index is 0.241. The number of para-hydroxylation sites is 1. The van der Waals surface area contributed by atoms with Crippen LogP contribution >= 0.6 is 23.2 Å². The van der Waals surface area contributed by atoms with Gasteiger partial charge in [-0.05, 0) is 18.1 Å². The maximum absolute atomic E-state index is 6.04. The first-order valence-electron chi connectivity index (χ1n) is 4.71. The molecular weight excluding hydrogens is 231 g/mol. The van der Waals surface area contributed by atoms with Crippen LogP contribution in [0, 0.1) is 0 Å². The Bertz CT molecular complexity index is 509. The van der Waals surface area contributed by atoms with Crippen molar-refractivity contribution in [1.29, 1.82) is 0 Å². The summed E-state index contributed by atoms with van der Waals surface area (Å²) in [5.74, 6) is 0.241. The molecule has 2 aromatic rings. The SMILES string of the molecule is CC(C)c1nc2c(Cl)cccc2nc1Cl. The third-order valence-corrected chi connectivity index (χ3v) is 2.76. The van der Waals surface area contributed by atoms with Crippen molar-refractivity contribution in [1.82, 2.24) is 9.97 Å². The molecule has 15 heavy (non-hydrogen) atoms. The number of hydrogen-bond acceptors (Lipinski definition) is 2. The number of rotatable bonds is 1. The molecule has 0 spiro atoms. The largest absolute Gasteiger partial charge is 0.246 e. The van der Waals surface area contributed by atoms with Crippen molar-refractivity contribution in [2.75, 3.05) is 0 Å². The molecule has 0 aliphatic rings. The van der Waals surface area contributed by atoms with E-state index in [0.717, 1.165) is 11.2 Å². The Kier molecular flexibility index (Phi) is 2.81. The summed E-state index contributed by atoms with van der Waals surface area (Å²) in [6, 6.07) is 5.49. The second-order valence-electron chi connectivity index (χ2n) is 3.66. The van der Waals surface area contributed by atoms with Crippen LogP contribution in [0.2, 0.25) is 10.2 Å². The predicted octanol–water partition coefficient (Wildman–Crippen LogP) is 4.06. The number of fused-ring (bicyclic) bond motifs is 1. The van der Waals surface area contributed by atoms with E-state index in [9.17, 15) is 0 Å². The van der Waals surface area contributed by atoms with Crippen LogP contribution in [0.1, 0.15) is 25.5 Å². The van der Waals surface area contributed by atoms with Gasteiger partial charge < -0.3 is 0 Å². The quantitative estimate of drug-likeness (QED) is 0.752. The molecule has 0 fully saturated rings. The Morgan fingerprint density at radius 1 is 1.13 bits per heavy atom. The van der Waals surface area contributed by atoms with E-state index < -0.39 is 0 Å². The zero-order chi connectivity index (χ0) is 11.0. The molecule has 0 aliphatic carbocycles. The van der Waals surface area contributed by atoms with Gasteiger partial charge in [0.05, 0.1) is 16.2 Å². The van der Waals surface area contributed by atoms with Crippen molar-refractivity contribution in [3.63, 3.8) is 0 Å². The molecule has 0 aliphatic heterocycles. The highest BCUT2D eigenvalue weighted by atomic mass is 35.5. The summed E-state index contributed by atoms with van der Waals surface area (Å²) in [6.45, 7) is 4.05. The molecule has 2 nitrogen and oxygen atoms in total. The van der Waals surface area contributed by atoms with Gasteiger partial charge >= 0.3 is 0 Å². The highest BCUT2D eigenvalue weighted by Gasteiger charge is 2.11. The number of hydrogen-bond donors (Lipinski definition) is 0. The minimum Gasteiger partial charge on any atom is -0.246 e. The van der Waals surface area contributed by atoms with Gasteiger partial charge in [0.2, 0.25) is 0 Å². The first kappa shape index (κ1) is 10.7. The summed E-state index contributed by atoms with van der Waals surface area (Å²) in [5.41, 5.74) is 2.24. The number of nitrogens with zero attached hydrogens (tertiary/aromatic N) is 2. The first-order valence-corrected chi connectivity index (χ1v) is 5.47. The Hall–Kier alpha value is -0.860. The van der Waals surface area contributed by atoms with Crippen LogP contribution in [0.5, 0.6) is 0 Å². The van der Waals surface area contributed by atoms with Crippen molar-refractivity contribution in [2.24, 2.45) is 0 Å². The van der Waals surface area contributed by atoms with Gasteiger partial charge in [-0.2, -0.15) is 0 Å². The maximum Gasteiger partial charge on any atom is 0.151 e. The van der Waals surface area contributed by atoms with Crippen LogP contribution in [0.4, 0.5) is 0 Å². The van der Waals surface area contributed by atoms with Gasteiger partial charge in [0.15, 0.2) is 5.15 Å². The van der Waals surface area contributed by atoms with Crippen LogP contribution in [-0.4, -0.2) is 9.97 Å². The Balaban J connectivity index is 2.78. The molecule has 0 unspecified atom stereocenters. The van der Waals surface area contributed by atoms with E-state index in [0.29, 0.717) is 15.7 Å². The van der Waals surface area contributed by atoms with Gasteiger partial charge in [0, 0.05) is 0 Å². The molecule has 0 N–H and O–H groups in total. The van der Waals surface area contributed by atoms with Crippen LogP contribution in [0.15, 0.2) is 18.2 Å². The lowest BCUT2D eigenvalue weighted by atomic mass is 10.1. The fourth-order valence-corrected chi connectivity index (χ4v) is 1.97. The number of aromatic nitrogens is 2. The van der Waals surface area contributed by atoms with Gasteiger partial charge in [-0.1, -0.05) is 43.1 Å². The third-order valence-electron chi connectivity index (χ3n) is 2.17. The molecule has 4 heteroatoms. The van der Waals surface area contributed by atoms with E-state index >= 15 is 0 Å². The Morgan fingerprint density at radius 3 is 2.53 bits per heavy atom. The summed E-state index contributed by atoms with van der Waals surface area (Å²) >= 11 is 12.1. The zero-order valence-electron chi connectivity index (χ0n) is 8.46. The molecule has 78 valence electrons. The molecule has 0 saturated carbocycles. The number of benzene rings is 1. The van der Waals surface area contributed by atoms with Crippen LogP contribution < -0.4 is 0 Å². The van der Waals surface area contributed by atoms with Gasteiger partial charge in [-0.25, -0.2) is 9.97 Å². The lowest BCUT2D eigenvalue weighted by Gasteiger charge is -2.08. The molecule has 0 amide bonds. The zero-order valence-corrected chi connectivity index (χ0v) is 9.97. The summed E-state index contributed by atoms with van der Waals surface area (Å²) in [5, 5.41) is 1.07. The molecule has 0 radical (unpaired) electrons. The molecule has 0 bridgehead atoms. The van der Waals surface area contributed by atoms with Gasteiger partial charge in [-0.3, -0.25) is 0 Å². The van der Waals surface area contributed by atoms with Crippen molar-refractivity contribution < 1.29 is 0 Å². The van der Waals surface area contributed by atoms with E-state index in [4.69, 9.17) is 23.2 Å². The van der Waals surface area contributed by atoms with E-state index in [2.05, 4.69) is 9.97 Å². The smallest absolute Gasteiger partial charge is 0.151 e. The van der Waals surface area contributed by atoms with Crippen molar-refractivity contribution >= 4 is 34.2 Å². The molecule has 1 aromatic carbocycles. The normalized spacial score (nSPS) is 11.3. The monoisotopic (exact) mass is 240 g/mol. The lowest BCUT2D eigenvalue weighted by Crippen LogP contribution is -1.97. The summed E-state index contributed by atoms with van der Waals surface area (Å²) < 4.78 is 0. The minimum atomic E-state index is 0.241. The summed E-state index contributed by atoms with van der Waals surface area (Å²) in [6.07, 6.45) is 0. The van der Waals surface area contributed by atoms with Gasteiger partial charge in [-0.15, -0.1) is 0 Å². The highest BCUT2D eigenvalue weighted by Crippen LogP contribution is 2.26. The average Bonchev–Trinajstić information content (AvgIpc) is 2.16. The van der Waals surface area contributed by atoms with Gasteiger partial charge in [0.1, 0.15) is 5.52 Å². The van der Waals surface area contributed by atoms with E-state index in [1.807, 2.05) is 26.0 Å². The van der Waals surface area contributed by atoms with Crippen LogP contribution in [0.25, 0.3) is 11.0 Å². The number of halogens is 2. The molecule has 2 rings (SSSR count). The standard InChI is InChI=1S/C11H10Cl2N2/c1-6(2)9-11(13)14-8-5-3-4-7(12)10(8)15-9/h3-6H,1-2H3. The Labute approximate surface area is 98.3 Å². The van der Waals surface area contributed by atoms with Crippen LogP contribution in [-0.2, 0) is 0 Å². The lowest BCUT2D eigenvalue weighted by molar-refractivity contribution is 0.822. The van der Waals surface area contributed by atoms with Gasteiger partial charge in [0.25, 0.3) is 0 Å². The predicted molar refractivity (Wildman–Crippen MR) is 63.6 cm³/mol. The fraction of sp³-hybridized carbons (Fsp3) is 0.273. The Morgan fingerprint density at radius 2 is 1.87 bits per heavy atom. The van der Waals surface area contributed by atoms with E-state index in [1.54, 1.807) is 6.07 Å². The van der Waals surface area contributed by atoms with E-state index in [-0.39, 0.29) is 5.92 Å². The first-order chi connectivity index (χ1) is 7.09. The fourth-order valence-electron chi connectivity index (χ4n) is 1.40. The van der Waals surface area contributed by atoms with Crippen molar-refractivity contribution in [3.05, 3.63) is 34.1 Å². The second-order valence-corrected chi connectivity index (χ2v) is 4.43. The molecular formula is C11H10Cl2N2. The third kappa shape index (κ3) is 1.92. The molecule has 1 aromatic heterocycles.